The number of pyridine rings is 1. The van der Waals surface area contributed by atoms with Crippen molar-refractivity contribution in [2.75, 3.05) is 0 Å². The van der Waals surface area contributed by atoms with Crippen LogP contribution >= 0.6 is 0 Å². The number of imidazole rings is 1. The van der Waals surface area contributed by atoms with Gasteiger partial charge in [-0.05, 0) is 82.0 Å². The fourth-order valence-electron chi connectivity index (χ4n) is 8.47. The van der Waals surface area contributed by atoms with E-state index in [1.54, 1.807) is 0 Å². The first kappa shape index (κ1) is 34.0. The Morgan fingerprint density at radius 3 is 2.20 bits per heavy atom. The fraction of sp³-hybridized carbons (Fsp3) is 0.0400. The van der Waals surface area contributed by atoms with Crippen LogP contribution in [0.4, 0.5) is 0 Å². The Bertz CT molecular complexity index is 3230. The minimum atomic E-state index is 0. The van der Waals surface area contributed by atoms with Gasteiger partial charge in [0, 0.05) is 23.0 Å². The van der Waals surface area contributed by atoms with Crippen molar-refractivity contribution >= 4 is 54.6 Å². The van der Waals surface area contributed by atoms with Crippen LogP contribution in [0.3, 0.4) is 0 Å². The van der Waals surface area contributed by atoms with E-state index in [4.69, 9.17) is 15.0 Å². The van der Waals surface area contributed by atoms with E-state index in [0.29, 0.717) is 0 Å². The summed E-state index contributed by atoms with van der Waals surface area (Å²) < 4.78 is 4.55. The molecule has 0 fully saturated rings. The maximum absolute atomic E-state index is 5.51. The summed E-state index contributed by atoms with van der Waals surface area (Å²) in [5.41, 5.74) is 13.8. The number of aryl methyl sites for hydroxylation is 1. The first-order chi connectivity index (χ1) is 27.2. The molecule has 0 aliphatic heterocycles. The number of hydrogen-bond donors (Lipinski definition) is 0. The van der Waals surface area contributed by atoms with Crippen LogP contribution in [0, 0.1) is 13.0 Å². The summed E-state index contributed by atoms with van der Waals surface area (Å²) in [7, 11) is 0. The normalized spacial score (nSPS) is 11.6. The van der Waals surface area contributed by atoms with E-state index < -0.39 is 0 Å². The minimum Gasteiger partial charge on any atom is -0.656 e. The van der Waals surface area contributed by atoms with E-state index in [9.17, 15) is 0 Å². The average molecular weight is 899 g/mol. The van der Waals surface area contributed by atoms with Crippen molar-refractivity contribution in [1.82, 2.24) is 24.1 Å². The number of aromatic nitrogens is 5. The quantitative estimate of drug-likeness (QED) is 0.156. The Morgan fingerprint density at radius 1 is 0.607 bits per heavy atom. The van der Waals surface area contributed by atoms with E-state index >= 15 is 0 Å². The van der Waals surface area contributed by atoms with Crippen LogP contribution in [-0.2, 0) is 27.5 Å². The molecule has 5 nitrogen and oxygen atoms in total. The van der Waals surface area contributed by atoms with Crippen molar-refractivity contribution in [3.05, 3.63) is 193 Å². The van der Waals surface area contributed by atoms with Gasteiger partial charge in [0.25, 0.3) is 0 Å². The first-order valence-electron chi connectivity index (χ1n) is 18.7. The number of benzene rings is 7. The summed E-state index contributed by atoms with van der Waals surface area (Å²) in [5, 5.41) is 4.62. The molecule has 56 heavy (non-hydrogen) atoms. The molecule has 7 aromatic carbocycles. The van der Waals surface area contributed by atoms with E-state index in [2.05, 4.69) is 168 Å². The number of nitrogens with zero attached hydrogens (tertiary/aromatic N) is 5. The molecule has 0 amide bonds. The molecule has 6 heteroatoms. The second-order valence-electron chi connectivity index (χ2n) is 14.2. The average Bonchev–Trinajstić information content (AvgIpc) is 3.92. The minimum absolute atomic E-state index is 0. The summed E-state index contributed by atoms with van der Waals surface area (Å²) in [6, 6.07) is 61.5. The number of rotatable bonds is 6. The molecule has 0 saturated heterocycles. The standard InChI is InChI=1S/C50H33N5.Pt/c1-32-28-34(29-33-14-4-2-5-15-33)30-42-39-26-25-35(31-45(39)55(49(32)42)46-24-10-11-27-51-46)37-19-13-23-44-48(37)53-50(54(44)36-16-6-3-7-17-36)41-21-12-20-40-38-18-8-9-22-43(38)52-47(40)41;/h2-28,30H,29H2,1H3;/q-2;+2. The number of para-hydroxylation sites is 4. The van der Waals surface area contributed by atoms with E-state index in [-0.39, 0.29) is 21.1 Å². The van der Waals surface area contributed by atoms with E-state index in [1.165, 1.54) is 22.1 Å². The first-order valence-corrected chi connectivity index (χ1v) is 18.7. The zero-order valence-corrected chi connectivity index (χ0v) is 32.7. The third kappa shape index (κ3) is 5.42. The predicted molar refractivity (Wildman–Crippen MR) is 225 cm³/mol. The fourth-order valence-corrected chi connectivity index (χ4v) is 8.47. The summed E-state index contributed by atoms with van der Waals surface area (Å²) >= 11 is 0. The van der Waals surface area contributed by atoms with Crippen LogP contribution in [0.25, 0.3) is 88.7 Å². The molecule has 0 aliphatic carbocycles. The monoisotopic (exact) mass is 898 g/mol. The van der Waals surface area contributed by atoms with Crippen molar-refractivity contribution in [1.29, 1.82) is 0 Å². The Morgan fingerprint density at radius 2 is 1.36 bits per heavy atom. The number of hydrogen-bond acceptors (Lipinski definition) is 2. The molecule has 4 aromatic heterocycles. The van der Waals surface area contributed by atoms with Gasteiger partial charge < -0.3 is 9.55 Å². The van der Waals surface area contributed by atoms with Crippen LogP contribution in [0.2, 0.25) is 0 Å². The molecule has 11 aromatic rings. The third-order valence-electron chi connectivity index (χ3n) is 10.8. The van der Waals surface area contributed by atoms with Crippen molar-refractivity contribution < 1.29 is 21.1 Å². The molecule has 4 heterocycles. The van der Waals surface area contributed by atoms with E-state index in [0.717, 1.165) is 89.7 Å². The Balaban J connectivity index is 0.00000384. The van der Waals surface area contributed by atoms with Gasteiger partial charge in [-0.25, -0.2) is 9.97 Å². The van der Waals surface area contributed by atoms with Gasteiger partial charge in [-0.3, -0.25) is 4.57 Å². The van der Waals surface area contributed by atoms with Crippen LogP contribution in [0.1, 0.15) is 16.7 Å². The summed E-state index contributed by atoms with van der Waals surface area (Å²) in [5.74, 6) is 1.72. The summed E-state index contributed by atoms with van der Waals surface area (Å²) in [6.45, 7) is 2.21. The number of fused-ring (bicyclic) bond motifs is 7. The third-order valence-corrected chi connectivity index (χ3v) is 10.8. The maximum Gasteiger partial charge on any atom is 2.00 e. The van der Waals surface area contributed by atoms with E-state index in [1.807, 2.05) is 24.4 Å². The van der Waals surface area contributed by atoms with Crippen molar-refractivity contribution in [2.24, 2.45) is 0 Å². The van der Waals surface area contributed by atoms with Gasteiger partial charge in [0.2, 0.25) is 0 Å². The van der Waals surface area contributed by atoms with Gasteiger partial charge in [0.05, 0.1) is 11.0 Å². The SMILES string of the molecule is Cc1cc(Cc2ccccc2)cc2c3ccc(-c4cccc5c4nc(-c4cccc6c4[n-]c4ccccc46)n5-c4ccccc4)[c-]c3n(-c3ccccn3)c12.[Pt+2]. The molecule has 268 valence electrons. The summed E-state index contributed by atoms with van der Waals surface area (Å²) in [4.78, 5) is 15.5. The molecule has 0 N–H and O–H groups in total. The van der Waals surface area contributed by atoms with Gasteiger partial charge >= 0.3 is 21.1 Å². The molecule has 0 atom stereocenters. The van der Waals surface area contributed by atoms with Gasteiger partial charge in [-0.2, -0.15) is 0 Å². The van der Waals surface area contributed by atoms with Gasteiger partial charge in [-0.15, -0.1) is 34.8 Å². The second-order valence-corrected chi connectivity index (χ2v) is 14.2. The topological polar surface area (TPSA) is 49.7 Å². The summed E-state index contributed by atoms with van der Waals surface area (Å²) in [6.07, 6.45) is 2.73. The molecule has 0 saturated carbocycles. The maximum atomic E-state index is 5.51. The van der Waals surface area contributed by atoms with Crippen LogP contribution in [-0.4, -0.2) is 19.1 Å². The molecule has 0 bridgehead atoms. The van der Waals surface area contributed by atoms with Gasteiger partial charge in [0.15, 0.2) is 0 Å². The van der Waals surface area contributed by atoms with Crippen LogP contribution < -0.4 is 4.98 Å². The Labute approximate surface area is 338 Å². The molecular weight excluding hydrogens is 866 g/mol. The predicted octanol–water partition coefficient (Wildman–Crippen LogP) is 11.8. The van der Waals surface area contributed by atoms with Crippen LogP contribution in [0.5, 0.6) is 0 Å². The molecule has 11 rings (SSSR count). The van der Waals surface area contributed by atoms with Crippen molar-refractivity contribution in [2.45, 2.75) is 13.3 Å². The molecular formula is C50H33N5Pt. The zero-order chi connectivity index (χ0) is 36.5. The van der Waals surface area contributed by atoms with Crippen LogP contribution in [0.15, 0.2) is 170 Å². The van der Waals surface area contributed by atoms with Crippen molar-refractivity contribution in [3.63, 3.8) is 0 Å². The Hall–Kier alpha value is -6.55. The Kier molecular flexibility index (Phi) is 8.27. The molecule has 0 radical (unpaired) electrons. The van der Waals surface area contributed by atoms with Crippen molar-refractivity contribution in [3.8, 4) is 34.0 Å². The smallest absolute Gasteiger partial charge is 0.656 e. The molecule has 0 aliphatic rings. The zero-order valence-electron chi connectivity index (χ0n) is 30.4. The largest absolute Gasteiger partial charge is 2.00 e. The second kappa shape index (κ2) is 13.6. The molecule has 0 spiro atoms. The van der Waals surface area contributed by atoms with Gasteiger partial charge in [0.1, 0.15) is 11.6 Å². The molecule has 0 unspecified atom stereocenters. The van der Waals surface area contributed by atoms with Gasteiger partial charge in [-0.1, -0.05) is 132 Å².